The van der Waals surface area contributed by atoms with Gasteiger partial charge in [-0.25, -0.2) is 15.0 Å². The molecule has 1 aliphatic heterocycles. The summed E-state index contributed by atoms with van der Waals surface area (Å²) in [5, 5.41) is 11.5. The van der Waals surface area contributed by atoms with E-state index in [-0.39, 0.29) is 22.9 Å². The molecule has 0 saturated carbocycles. The van der Waals surface area contributed by atoms with Gasteiger partial charge in [-0.1, -0.05) is 0 Å². The number of rotatable bonds is 3. The Morgan fingerprint density at radius 1 is 1.24 bits per heavy atom. The van der Waals surface area contributed by atoms with Crippen molar-refractivity contribution in [2.45, 2.75) is 32.4 Å². The van der Waals surface area contributed by atoms with E-state index in [1.54, 1.807) is 24.8 Å². The number of anilines is 1. The smallest absolute Gasteiger partial charge is 0.285 e. The number of nitrogens with one attached hydrogen (secondary N) is 2. The van der Waals surface area contributed by atoms with Crippen LogP contribution in [0.1, 0.15) is 20.8 Å². The molecule has 1 saturated heterocycles. The molecule has 0 atom stereocenters. The molecular formula is C16H20ClN7O. The van der Waals surface area contributed by atoms with E-state index in [0.717, 1.165) is 5.56 Å². The number of aromatic nitrogens is 4. The first kappa shape index (κ1) is 17.3. The maximum Gasteiger partial charge on any atom is 0.285 e. The van der Waals surface area contributed by atoms with Gasteiger partial charge in [0.1, 0.15) is 11.4 Å². The summed E-state index contributed by atoms with van der Waals surface area (Å²) in [6.07, 6.45) is 6.54. The zero-order valence-corrected chi connectivity index (χ0v) is 15.1. The lowest BCUT2D eigenvalue weighted by Gasteiger charge is -2.41. The van der Waals surface area contributed by atoms with Crippen LogP contribution in [0.25, 0.3) is 11.3 Å². The van der Waals surface area contributed by atoms with Gasteiger partial charge in [-0.2, -0.15) is 0 Å². The van der Waals surface area contributed by atoms with E-state index in [4.69, 9.17) is 21.7 Å². The van der Waals surface area contributed by atoms with Crippen LogP contribution in [0, 0.1) is 5.41 Å². The molecule has 0 amide bonds. The van der Waals surface area contributed by atoms with Crippen LogP contribution in [-0.2, 0) is 4.74 Å². The van der Waals surface area contributed by atoms with Gasteiger partial charge in [0, 0.05) is 31.0 Å². The van der Waals surface area contributed by atoms with Gasteiger partial charge in [-0.3, -0.25) is 10.4 Å². The molecule has 2 aromatic heterocycles. The molecule has 2 N–H and O–H groups in total. The van der Waals surface area contributed by atoms with Crippen molar-refractivity contribution in [2.75, 3.05) is 18.4 Å². The summed E-state index contributed by atoms with van der Waals surface area (Å²) >= 11 is 5.70. The largest absolute Gasteiger partial charge is 0.460 e. The van der Waals surface area contributed by atoms with Crippen LogP contribution in [0.15, 0.2) is 24.8 Å². The maximum absolute atomic E-state index is 7.96. The summed E-state index contributed by atoms with van der Waals surface area (Å²) in [6, 6.07) is 0.388. The molecule has 0 radical (unpaired) electrons. The Kier molecular flexibility index (Phi) is 4.71. The van der Waals surface area contributed by atoms with Crippen molar-refractivity contribution in [2.24, 2.45) is 0 Å². The summed E-state index contributed by atoms with van der Waals surface area (Å²) in [4.78, 5) is 18.5. The lowest BCUT2D eigenvalue weighted by molar-refractivity contribution is 0.0693. The number of ether oxygens (including phenoxy) is 1. The first-order valence-electron chi connectivity index (χ1n) is 7.89. The summed E-state index contributed by atoms with van der Waals surface area (Å²) in [7, 11) is 0. The summed E-state index contributed by atoms with van der Waals surface area (Å²) < 4.78 is 5.56. The normalized spacial score (nSPS) is 14.8. The zero-order valence-electron chi connectivity index (χ0n) is 14.3. The van der Waals surface area contributed by atoms with Crippen molar-refractivity contribution >= 4 is 23.4 Å². The van der Waals surface area contributed by atoms with Crippen LogP contribution in [0.2, 0.25) is 5.28 Å². The topological polar surface area (TPSA) is 99.9 Å². The molecule has 8 nitrogen and oxygen atoms in total. The van der Waals surface area contributed by atoms with Crippen LogP contribution >= 0.6 is 11.6 Å². The van der Waals surface area contributed by atoms with E-state index in [0.29, 0.717) is 24.6 Å². The molecule has 9 heteroatoms. The minimum Gasteiger partial charge on any atom is -0.460 e. The number of amidine groups is 1. The second-order valence-electron chi connectivity index (χ2n) is 6.80. The maximum atomic E-state index is 7.96. The third-order valence-electron chi connectivity index (χ3n) is 3.47. The van der Waals surface area contributed by atoms with Crippen molar-refractivity contribution in [3.8, 4) is 11.3 Å². The van der Waals surface area contributed by atoms with Gasteiger partial charge in [0.2, 0.25) is 5.28 Å². The van der Waals surface area contributed by atoms with E-state index in [9.17, 15) is 0 Å². The van der Waals surface area contributed by atoms with Gasteiger partial charge in [0.25, 0.3) is 6.02 Å². The molecule has 132 valence electrons. The quantitative estimate of drug-likeness (QED) is 0.492. The first-order valence-corrected chi connectivity index (χ1v) is 8.27. The highest BCUT2D eigenvalue weighted by molar-refractivity contribution is 6.28. The van der Waals surface area contributed by atoms with Crippen molar-refractivity contribution in [3.63, 3.8) is 0 Å². The van der Waals surface area contributed by atoms with Crippen LogP contribution in [-0.4, -0.2) is 55.6 Å². The monoisotopic (exact) mass is 361 g/mol. The molecule has 1 fully saturated rings. The molecule has 0 bridgehead atoms. The van der Waals surface area contributed by atoms with E-state index in [1.807, 2.05) is 25.7 Å². The summed E-state index contributed by atoms with van der Waals surface area (Å²) in [5.41, 5.74) is 1.05. The number of halogens is 1. The molecule has 2 aromatic rings. The molecule has 3 heterocycles. The van der Waals surface area contributed by atoms with Crippen LogP contribution in [0.5, 0.6) is 0 Å². The zero-order chi connectivity index (χ0) is 18.0. The number of nitrogens with zero attached hydrogens (tertiary/aromatic N) is 5. The predicted molar refractivity (Wildman–Crippen MR) is 95.6 cm³/mol. The van der Waals surface area contributed by atoms with Crippen molar-refractivity contribution in [3.05, 3.63) is 30.1 Å². The Morgan fingerprint density at radius 3 is 2.56 bits per heavy atom. The highest BCUT2D eigenvalue weighted by Crippen LogP contribution is 2.20. The summed E-state index contributed by atoms with van der Waals surface area (Å²) in [6.45, 7) is 7.16. The minimum absolute atomic E-state index is 0.190. The molecule has 0 unspecified atom stereocenters. The number of hydrogen-bond donors (Lipinski definition) is 2. The Labute approximate surface area is 151 Å². The number of likely N-dealkylation sites (tertiary alicyclic amines) is 1. The molecule has 1 aliphatic rings. The number of hydrogen-bond acceptors (Lipinski definition) is 7. The molecular weight excluding hydrogens is 342 g/mol. The standard InChI is InChI=1S/C16H20ClN7O/c1-16(2,3)25-15(18)24-8-11(9-24)22-13-7-19-6-12(23-13)10-4-20-14(17)21-5-10/h4-7,11,18H,8-9H2,1-3H3,(H,22,23). The van der Waals surface area contributed by atoms with Gasteiger partial charge in [-0.05, 0) is 32.4 Å². The average Bonchev–Trinajstić information content (AvgIpc) is 2.49. The fraction of sp³-hybridized carbons (Fsp3) is 0.438. The van der Waals surface area contributed by atoms with Crippen LogP contribution in [0.4, 0.5) is 5.82 Å². The highest BCUT2D eigenvalue weighted by atomic mass is 35.5. The minimum atomic E-state index is -0.365. The van der Waals surface area contributed by atoms with Gasteiger partial charge >= 0.3 is 0 Å². The molecule has 0 aromatic carbocycles. The fourth-order valence-corrected chi connectivity index (χ4v) is 2.42. The average molecular weight is 362 g/mol. The Bertz CT molecular complexity index is 754. The van der Waals surface area contributed by atoms with E-state index in [2.05, 4.69) is 25.3 Å². The molecule has 25 heavy (non-hydrogen) atoms. The Balaban J connectivity index is 1.57. The second kappa shape index (κ2) is 6.79. The van der Waals surface area contributed by atoms with Gasteiger partial charge < -0.3 is 15.0 Å². The molecule has 0 aliphatic carbocycles. The van der Waals surface area contributed by atoms with Crippen LogP contribution in [0.3, 0.4) is 0 Å². The van der Waals surface area contributed by atoms with Crippen LogP contribution < -0.4 is 5.32 Å². The van der Waals surface area contributed by atoms with Crippen molar-refractivity contribution in [1.29, 1.82) is 5.41 Å². The molecule has 0 spiro atoms. The fourth-order valence-electron chi connectivity index (χ4n) is 2.32. The van der Waals surface area contributed by atoms with E-state index < -0.39 is 0 Å². The lowest BCUT2D eigenvalue weighted by Crippen LogP contribution is -2.58. The third-order valence-corrected chi connectivity index (χ3v) is 3.67. The van der Waals surface area contributed by atoms with Gasteiger partial charge in [0.15, 0.2) is 0 Å². The van der Waals surface area contributed by atoms with Crippen molar-refractivity contribution < 1.29 is 4.74 Å². The Morgan fingerprint density at radius 2 is 1.92 bits per heavy atom. The summed E-state index contributed by atoms with van der Waals surface area (Å²) in [5.74, 6) is 0.667. The van der Waals surface area contributed by atoms with Gasteiger partial charge in [-0.15, -0.1) is 0 Å². The lowest BCUT2D eigenvalue weighted by atomic mass is 10.1. The van der Waals surface area contributed by atoms with E-state index >= 15 is 0 Å². The second-order valence-corrected chi connectivity index (χ2v) is 7.13. The predicted octanol–water partition coefficient (Wildman–Crippen LogP) is 2.43. The van der Waals surface area contributed by atoms with Crippen molar-refractivity contribution in [1.82, 2.24) is 24.8 Å². The van der Waals surface area contributed by atoms with E-state index in [1.165, 1.54) is 0 Å². The van der Waals surface area contributed by atoms with Gasteiger partial charge in [0.05, 0.1) is 24.1 Å². The third kappa shape index (κ3) is 4.54. The first-order chi connectivity index (χ1) is 11.8. The SMILES string of the molecule is CC(C)(C)OC(=N)N1CC(Nc2cncc(-c3cnc(Cl)nc3)n2)C1. The molecule has 3 rings (SSSR count). The Hall–Kier alpha value is -2.48. The highest BCUT2D eigenvalue weighted by Gasteiger charge is 2.31.